The van der Waals surface area contributed by atoms with E-state index in [2.05, 4.69) is 38.0 Å². The Bertz CT molecular complexity index is 472. The van der Waals surface area contributed by atoms with E-state index in [0.717, 1.165) is 18.5 Å². The van der Waals surface area contributed by atoms with E-state index in [-0.39, 0.29) is 16.1 Å². The van der Waals surface area contributed by atoms with Crippen LogP contribution in [0, 0.1) is 10.1 Å². The molecule has 0 radical (unpaired) electrons. The van der Waals surface area contributed by atoms with E-state index >= 15 is 0 Å². The Morgan fingerprint density at radius 3 is 2.50 bits per heavy atom. The van der Waals surface area contributed by atoms with Crippen molar-refractivity contribution in [3.63, 3.8) is 0 Å². The number of benzene rings is 1. The molecule has 5 heteroatoms. The number of rotatable bonds is 7. The maximum absolute atomic E-state index is 11.0. The first-order valence-electron chi connectivity index (χ1n) is 7.04. The minimum Gasteiger partial charge on any atom is -0.380 e. The van der Waals surface area contributed by atoms with E-state index in [1.54, 1.807) is 6.07 Å². The van der Waals surface area contributed by atoms with Gasteiger partial charge in [0, 0.05) is 24.7 Å². The average Bonchev–Trinajstić information content (AvgIpc) is 2.39. The lowest BCUT2D eigenvalue weighted by atomic mass is 9.99. The molecule has 20 heavy (non-hydrogen) atoms. The number of nitrogens with zero attached hydrogens (tertiary/aromatic N) is 2. The molecule has 5 nitrogen and oxygen atoms in total. The van der Waals surface area contributed by atoms with Gasteiger partial charge in [-0.05, 0) is 45.9 Å². The largest absolute Gasteiger partial charge is 0.380 e. The van der Waals surface area contributed by atoms with E-state index in [9.17, 15) is 10.1 Å². The maximum atomic E-state index is 11.0. The Morgan fingerprint density at radius 1 is 1.35 bits per heavy atom. The van der Waals surface area contributed by atoms with Crippen molar-refractivity contribution >= 4 is 11.4 Å². The summed E-state index contributed by atoms with van der Waals surface area (Å²) in [5.74, 6) is 0. The van der Waals surface area contributed by atoms with E-state index in [0.29, 0.717) is 12.2 Å². The van der Waals surface area contributed by atoms with Gasteiger partial charge >= 0.3 is 0 Å². The van der Waals surface area contributed by atoms with Gasteiger partial charge in [0.15, 0.2) is 0 Å². The monoisotopic (exact) mass is 279 g/mol. The minimum atomic E-state index is -0.346. The smallest absolute Gasteiger partial charge is 0.292 e. The molecule has 0 fully saturated rings. The standard InChI is InChI=1S/C15H25N3O2/c1-6-15(3,4)17(5)11-12-8-9-14(18(19)20)13(10-12)16-7-2/h8-10,16H,6-7,11H2,1-5H3. The highest BCUT2D eigenvalue weighted by molar-refractivity contribution is 5.62. The highest BCUT2D eigenvalue weighted by atomic mass is 16.6. The normalized spacial score (nSPS) is 11.7. The van der Waals surface area contributed by atoms with Gasteiger partial charge in [-0.25, -0.2) is 0 Å². The van der Waals surface area contributed by atoms with E-state index in [1.165, 1.54) is 0 Å². The van der Waals surface area contributed by atoms with Crippen molar-refractivity contribution in [3.8, 4) is 0 Å². The summed E-state index contributed by atoms with van der Waals surface area (Å²) in [6.45, 7) is 9.93. The number of nitrogens with one attached hydrogen (secondary N) is 1. The average molecular weight is 279 g/mol. The highest BCUT2D eigenvalue weighted by Crippen LogP contribution is 2.27. The minimum absolute atomic E-state index is 0.111. The summed E-state index contributed by atoms with van der Waals surface area (Å²) in [7, 11) is 2.08. The molecule has 0 amide bonds. The molecule has 1 aromatic rings. The first-order chi connectivity index (χ1) is 9.31. The Morgan fingerprint density at radius 2 is 2.00 bits per heavy atom. The molecule has 0 saturated heterocycles. The van der Waals surface area contributed by atoms with Crippen LogP contribution in [0.15, 0.2) is 18.2 Å². The van der Waals surface area contributed by atoms with Crippen molar-refractivity contribution in [2.24, 2.45) is 0 Å². The molecule has 0 bridgehead atoms. The van der Waals surface area contributed by atoms with E-state index in [4.69, 9.17) is 0 Å². The Balaban J connectivity index is 2.98. The third-order valence-corrected chi connectivity index (χ3v) is 3.94. The molecular formula is C15H25N3O2. The van der Waals surface area contributed by atoms with Gasteiger partial charge in [0.1, 0.15) is 5.69 Å². The van der Waals surface area contributed by atoms with Crippen molar-refractivity contribution < 1.29 is 4.92 Å². The first kappa shape index (κ1) is 16.4. The molecule has 0 aromatic heterocycles. The van der Waals surface area contributed by atoms with E-state index in [1.807, 2.05) is 19.1 Å². The summed E-state index contributed by atoms with van der Waals surface area (Å²) in [6.07, 6.45) is 1.05. The summed E-state index contributed by atoms with van der Waals surface area (Å²) in [6, 6.07) is 5.30. The molecule has 0 spiro atoms. The van der Waals surface area contributed by atoms with Gasteiger partial charge in [-0.2, -0.15) is 0 Å². The molecule has 0 saturated carbocycles. The number of anilines is 1. The zero-order valence-electron chi connectivity index (χ0n) is 13.1. The molecule has 0 aliphatic heterocycles. The van der Waals surface area contributed by atoms with Gasteiger partial charge in [-0.1, -0.05) is 13.0 Å². The molecule has 0 aliphatic carbocycles. The molecule has 112 valence electrons. The molecule has 0 atom stereocenters. The fraction of sp³-hybridized carbons (Fsp3) is 0.600. The molecule has 1 aromatic carbocycles. The Labute approximate surface area is 121 Å². The summed E-state index contributed by atoms with van der Waals surface area (Å²) < 4.78 is 0. The number of hydrogen-bond donors (Lipinski definition) is 1. The van der Waals surface area contributed by atoms with Crippen LogP contribution in [-0.2, 0) is 6.54 Å². The van der Waals surface area contributed by atoms with Crippen LogP contribution in [0.3, 0.4) is 0 Å². The van der Waals surface area contributed by atoms with Gasteiger partial charge in [0.2, 0.25) is 0 Å². The summed E-state index contributed by atoms with van der Waals surface area (Å²) in [4.78, 5) is 12.9. The number of nitro groups is 1. The molecule has 0 heterocycles. The summed E-state index contributed by atoms with van der Waals surface area (Å²) in [5, 5.41) is 14.1. The SMILES string of the molecule is CCNc1cc(CN(C)C(C)(C)CC)ccc1[N+](=O)[O-]. The third kappa shape index (κ3) is 3.93. The van der Waals surface area contributed by atoms with Gasteiger partial charge in [0.25, 0.3) is 5.69 Å². The van der Waals surface area contributed by atoms with Gasteiger partial charge in [-0.3, -0.25) is 15.0 Å². The molecule has 1 N–H and O–H groups in total. The second kappa shape index (κ2) is 6.70. The van der Waals surface area contributed by atoms with Crippen LogP contribution in [0.5, 0.6) is 0 Å². The molecule has 0 unspecified atom stereocenters. The zero-order valence-corrected chi connectivity index (χ0v) is 13.1. The third-order valence-electron chi connectivity index (χ3n) is 3.94. The second-order valence-electron chi connectivity index (χ2n) is 5.66. The topological polar surface area (TPSA) is 58.4 Å². The van der Waals surface area contributed by atoms with Crippen molar-refractivity contribution in [3.05, 3.63) is 33.9 Å². The van der Waals surface area contributed by atoms with Gasteiger partial charge in [0.05, 0.1) is 4.92 Å². The van der Waals surface area contributed by atoms with Crippen LogP contribution >= 0.6 is 0 Å². The van der Waals surface area contributed by atoms with Gasteiger partial charge < -0.3 is 5.32 Å². The first-order valence-corrected chi connectivity index (χ1v) is 7.04. The van der Waals surface area contributed by atoms with Crippen LogP contribution in [0.25, 0.3) is 0 Å². The zero-order chi connectivity index (χ0) is 15.3. The Hall–Kier alpha value is -1.62. The lowest BCUT2D eigenvalue weighted by molar-refractivity contribution is -0.384. The summed E-state index contributed by atoms with van der Waals surface area (Å²) >= 11 is 0. The maximum Gasteiger partial charge on any atom is 0.292 e. The van der Waals surface area contributed by atoms with Crippen LogP contribution < -0.4 is 5.32 Å². The van der Waals surface area contributed by atoms with Crippen LogP contribution in [0.4, 0.5) is 11.4 Å². The van der Waals surface area contributed by atoms with Gasteiger partial charge in [-0.15, -0.1) is 0 Å². The lowest BCUT2D eigenvalue weighted by Gasteiger charge is -2.34. The summed E-state index contributed by atoms with van der Waals surface area (Å²) in [5.41, 5.74) is 1.92. The second-order valence-corrected chi connectivity index (χ2v) is 5.66. The Kier molecular flexibility index (Phi) is 5.51. The van der Waals surface area contributed by atoms with Crippen molar-refractivity contribution in [1.82, 2.24) is 4.90 Å². The van der Waals surface area contributed by atoms with Crippen LogP contribution in [0.1, 0.15) is 39.7 Å². The van der Waals surface area contributed by atoms with Crippen molar-refractivity contribution in [1.29, 1.82) is 0 Å². The predicted molar refractivity (Wildman–Crippen MR) is 83.1 cm³/mol. The number of hydrogen-bond acceptors (Lipinski definition) is 4. The highest BCUT2D eigenvalue weighted by Gasteiger charge is 2.22. The fourth-order valence-corrected chi connectivity index (χ4v) is 1.93. The van der Waals surface area contributed by atoms with Crippen molar-refractivity contribution in [2.45, 2.75) is 46.2 Å². The van der Waals surface area contributed by atoms with Crippen molar-refractivity contribution in [2.75, 3.05) is 18.9 Å². The van der Waals surface area contributed by atoms with Crippen LogP contribution in [-0.4, -0.2) is 29.0 Å². The van der Waals surface area contributed by atoms with Crippen LogP contribution in [0.2, 0.25) is 0 Å². The van der Waals surface area contributed by atoms with E-state index < -0.39 is 0 Å². The quantitative estimate of drug-likeness (QED) is 0.611. The lowest BCUT2D eigenvalue weighted by Crippen LogP contribution is -2.39. The fourth-order valence-electron chi connectivity index (χ4n) is 1.93. The number of nitro benzene ring substituents is 1. The predicted octanol–water partition coefficient (Wildman–Crippen LogP) is 3.65. The molecular weight excluding hydrogens is 254 g/mol. The molecule has 1 rings (SSSR count). The molecule has 0 aliphatic rings.